The maximum atomic E-state index is 10.5. The van der Waals surface area contributed by atoms with E-state index in [4.69, 9.17) is 16.2 Å². The summed E-state index contributed by atoms with van der Waals surface area (Å²) in [5.41, 5.74) is 8.52. The Morgan fingerprint density at radius 1 is 1.11 bits per heavy atom. The number of amides is 1. The zero-order valence-corrected chi connectivity index (χ0v) is 10.1. The highest BCUT2D eigenvalue weighted by atomic mass is 16.4. The van der Waals surface area contributed by atoms with Crippen molar-refractivity contribution in [2.75, 3.05) is 5.73 Å². The van der Waals surface area contributed by atoms with E-state index in [-0.39, 0.29) is 5.84 Å². The average molecular weight is 255 g/mol. The van der Waals surface area contributed by atoms with Crippen LogP contribution in [-0.2, 0) is 0 Å². The Balaban J connectivity index is 2.32. The molecule has 0 spiro atoms. The largest absolute Gasteiger partial charge is 0.465 e. The van der Waals surface area contributed by atoms with E-state index in [1.54, 1.807) is 18.2 Å². The van der Waals surface area contributed by atoms with Gasteiger partial charge >= 0.3 is 6.09 Å². The second kappa shape index (κ2) is 5.22. The van der Waals surface area contributed by atoms with Crippen molar-refractivity contribution < 1.29 is 9.90 Å². The van der Waals surface area contributed by atoms with Crippen LogP contribution in [0.3, 0.4) is 0 Å². The Labute approximate surface area is 110 Å². The number of carbonyl (C=O) groups is 1. The minimum absolute atomic E-state index is 0.232. The summed E-state index contributed by atoms with van der Waals surface area (Å²) in [5, 5.41) is 18.2. The van der Waals surface area contributed by atoms with Gasteiger partial charge in [-0.25, -0.2) is 4.79 Å². The van der Waals surface area contributed by atoms with Crippen LogP contribution in [0.2, 0.25) is 0 Å². The molecule has 0 unspecified atom stereocenters. The van der Waals surface area contributed by atoms with Crippen molar-refractivity contribution in [3.63, 3.8) is 0 Å². The van der Waals surface area contributed by atoms with E-state index in [1.807, 2.05) is 35.6 Å². The molecule has 2 rings (SSSR count). The average Bonchev–Trinajstić information content (AvgIpc) is 2.38. The fraction of sp³-hybridized carbons (Fsp3) is 0. The molecule has 96 valence electrons. The first-order valence-electron chi connectivity index (χ1n) is 5.62. The summed E-state index contributed by atoms with van der Waals surface area (Å²) < 4.78 is 0. The zero-order chi connectivity index (χ0) is 13.8. The lowest BCUT2D eigenvalue weighted by Crippen LogP contribution is -2.29. The molecule has 0 radical (unpaired) electrons. The number of nitrogens with one attached hydrogen (secondary N) is 2. The SMILES string of the molecule is N=C(NC(=O)O)c1ccc(-c2ccccc2)cc1N. The predicted octanol–water partition coefficient (Wildman–Crippen LogP) is 2.53. The molecule has 2 aromatic carbocycles. The molecule has 0 aromatic heterocycles. The smallest absolute Gasteiger partial charge is 0.410 e. The summed E-state index contributed by atoms with van der Waals surface area (Å²) in [6.45, 7) is 0. The third kappa shape index (κ3) is 2.90. The summed E-state index contributed by atoms with van der Waals surface area (Å²) in [6, 6.07) is 14.8. The molecule has 0 heterocycles. The number of rotatable bonds is 2. The summed E-state index contributed by atoms with van der Waals surface area (Å²) in [5.74, 6) is -0.232. The zero-order valence-electron chi connectivity index (χ0n) is 10.1. The van der Waals surface area contributed by atoms with E-state index in [9.17, 15) is 4.79 Å². The van der Waals surface area contributed by atoms with Crippen LogP contribution in [0.25, 0.3) is 11.1 Å². The fourth-order valence-corrected chi connectivity index (χ4v) is 1.77. The van der Waals surface area contributed by atoms with Crippen LogP contribution in [0, 0.1) is 5.41 Å². The molecule has 5 N–H and O–H groups in total. The topological polar surface area (TPSA) is 99.2 Å². The number of amidine groups is 1. The van der Waals surface area contributed by atoms with Gasteiger partial charge in [0.25, 0.3) is 0 Å². The van der Waals surface area contributed by atoms with Gasteiger partial charge in [0, 0.05) is 11.3 Å². The highest BCUT2D eigenvalue weighted by molar-refractivity contribution is 6.07. The van der Waals surface area contributed by atoms with E-state index in [0.29, 0.717) is 11.3 Å². The Morgan fingerprint density at radius 2 is 1.79 bits per heavy atom. The van der Waals surface area contributed by atoms with Gasteiger partial charge in [-0.1, -0.05) is 36.4 Å². The summed E-state index contributed by atoms with van der Waals surface area (Å²) in [7, 11) is 0. The van der Waals surface area contributed by atoms with Crippen molar-refractivity contribution in [1.29, 1.82) is 5.41 Å². The van der Waals surface area contributed by atoms with E-state index in [2.05, 4.69) is 0 Å². The van der Waals surface area contributed by atoms with Gasteiger partial charge in [-0.2, -0.15) is 0 Å². The second-order valence-corrected chi connectivity index (χ2v) is 3.97. The van der Waals surface area contributed by atoms with Crippen LogP contribution in [0.4, 0.5) is 10.5 Å². The maximum absolute atomic E-state index is 10.5. The number of nitrogens with two attached hydrogens (primary N) is 1. The molecule has 1 amide bonds. The number of nitrogen functional groups attached to an aromatic ring is 1. The molecule has 0 saturated carbocycles. The van der Waals surface area contributed by atoms with E-state index in [1.165, 1.54) is 0 Å². The van der Waals surface area contributed by atoms with Gasteiger partial charge in [-0.3, -0.25) is 10.7 Å². The monoisotopic (exact) mass is 255 g/mol. The molecule has 5 nitrogen and oxygen atoms in total. The standard InChI is InChI=1S/C14H13N3O2/c15-12-8-10(9-4-2-1-3-5-9)6-7-11(12)13(16)17-14(18)19/h1-8H,15H2,(H2,16,17)(H,18,19). The Kier molecular flexibility index (Phi) is 3.47. The van der Waals surface area contributed by atoms with Crippen LogP contribution in [0.5, 0.6) is 0 Å². The lowest BCUT2D eigenvalue weighted by Gasteiger charge is -2.09. The molecular formula is C14H13N3O2. The van der Waals surface area contributed by atoms with Crippen LogP contribution >= 0.6 is 0 Å². The van der Waals surface area contributed by atoms with Gasteiger partial charge in [0.1, 0.15) is 5.84 Å². The molecule has 19 heavy (non-hydrogen) atoms. The summed E-state index contributed by atoms with van der Waals surface area (Å²) in [4.78, 5) is 10.5. The first kappa shape index (κ1) is 12.6. The fourth-order valence-electron chi connectivity index (χ4n) is 1.77. The van der Waals surface area contributed by atoms with Gasteiger partial charge in [0.2, 0.25) is 0 Å². The lowest BCUT2D eigenvalue weighted by molar-refractivity contribution is 0.200. The number of hydrogen-bond donors (Lipinski definition) is 4. The maximum Gasteiger partial charge on any atom is 0.410 e. The van der Waals surface area contributed by atoms with Crippen molar-refractivity contribution >= 4 is 17.6 Å². The van der Waals surface area contributed by atoms with Crippen molar-refractivity contribution in [2.45, 2.75) is 0 Å². The molecule has 2 aromatic rings. The van der Waals surface area contributed by atoms with Gasteiger partial charge in [-0.05, 0) is 23.3 Å². The number of benzene rings is 2. The van der Waals surface area contributed by atoms with Gasteiger partial charge in [-0.15, -0.1) is 0 Å². The van der Waals surface area contributed by atoms with Crippen LogP contribution in [0.15, 0.2) is 48.5 Å². The molecule has 0 saturated heterocycles. The lowest BCUT2D eigenvalue weighted by atomic mass is 10.0. The predicted molar refractivity (Wildman–Crippen MR) is 74.3 cm³/mol. The first-order chi connectivity index (χ1) is 9.08. The van der Waals surface area contributed by atoms with Crippen molar-refractivity contribution in [1.82, 2.24) is 5.32 Å². The molecule has 0 aliphatic carbocycles. The third-order valence-electron chi connectivity index (χ3n) is 2.66. The highest BCUT2D eigenvalue weighted by Gasteiger charge is 2.09. The molecule has 0 aliphatic heterocycles. The van der Waals surface area contributed by atoms with Gasteiger partial charge in [0.05, 0.1) is 0 Å². The molecule has 0 aliphatic rings. The quantitative estimate of drug-likeness (QED) is 0.377. The highest BCUT2D eigenvalue weighted by Crippen LogP contribution is 2.23. The van der Waals surface area contributed by atoms with Crippen molar-refractivity contribution in [2.24, 2.45) is 0 Å². The number of carboxylic acid groups (broad SMARTS) is 1. The van der Waals surface area contributed by atoms with Crippen molar-refractivity contribution in [3.05, 3.63) is 54.1 Å². The molecule has 0 bridgehead atoms. The molecule has 0 atom stereocenters. The van der Waals surface area contributed by atoms with E-state index >= 15 is 0 Å². The number of anilines is 1. The van der Waals surface area contributed by atoms with Crippen molar-refractivity contribution in [3.8, 4) is 11.1 Å². The minimum Gasteiger partial charge on any atom is -0.465 e. The van der Waals surface area contributed by atoms with Gasteiger partial charge in [0.15, 0.2) is 0 Å². The second-order valence-electron chi connectivity index (χ2n) is 3.97. The van der Waals surface area contributed by atoms with Crippen LogP contribution in [0.1, 0.15) is 5.56 Å². The number of hydrogen-bond acceptors (Lipinski definition) is 3. The van der Waals surface area contributed by atoms with Crippen LogP contribution in [-0.4, -0.2) is 17.0 Å². The normalized spacial score (nSPS) is 9.89. The Morgan fingerprint density at radius 3 is 2.37 bits per heavy atom. The van der Waals surface area contributed by atoms with E-state index in [0.717, 1.165) is 11.1 Å². The van der Waals surface area contributed by atoms with E-state index < -0.39 is 6.09 Å². The molecule has 0 fully saturated rings. The Bertz CT molecular complexity index is 624. The first-order valence-corrected chi connectivity index (χ1v) is 5.62. The Hall–Kier alpha value is -2.82. The third-order valence-corrected chi connectivity index (χ3v) is 2.66. The summed E-state index contributed by atoms with van der Waals surface area (Å²) in [6.07, 6.45) is -1.28. The summed E-state index contributed by atoms with van der Waals surface area (Å²) >= 11 is 0. The molecule has 5 heteroatoms. The minimum atomic E-state index is -1.28. The van der Waals surface area contributed by atoms with Gasteiger partial charge < -0.3 is 10.8 Å². The van der Waals surface area contributed by atoms with Crippen LogP contribution < -0.4 is 11.1 Å². The molecular weight excluding hydrogens is 242 g/mol.